The SMILES string of the molecule is O=C(O)c1cn(-c2ccc(F)cc2)c2c(sc3cc(N4CCNCC4)ccc32)c1=O. The molecule has 0 bridgehead atoms. The maximum absolute atomic E-state index is 13.4. The van der Waals surface area contributed by atoms with E-state index in [1.54, 1.807) is 16.7 Å². The third-order valence-corrected chi connectivity index (χ3v) is 6.56. The lowest BCUT2D eigenvalue weighted by Crippen LogP contribution is -2.43. The van der Waals surface area contributed by atoms with E-state index in [4.69, 9.17) is 0 Å². The van der Waals surface area contributed by atoms with Gasteiger partial charge in [0.1, 0.15) is 16.1 Å². The van der Waals surface area contributed by atoms with E-state index in [9.17, 15) is 19.1 Å². The number of nitrogens with zero attached hydrogens (tertiary/aromatic N) is 2. The van der Waals surface area contributed by atoms with Crippen molar-refractivity contribution < 1.29 is 14.3 Å². The molecule has 0 amide bonds. The van der Waals surface area contributed by atoms with Crippen LogP contribution in [0.3, 0.4) is 0 Å². The van der Waals surface area contributed by atoms with Crippen LogP contribution >= 0.6 is 11.3 Å². The van der Waals surface area contributed by atoms with Gasteiger partial charge in [0.15, 0.2) is 0 Å². The van der Waals surface area contributed by atoms with Crippen molar-refractivity contribution in [3.63, 3.8) is 0 Å². The number of nitrogens with one attached hydrogen (secondary N) is 1. The molecule has 5 rings (SSSR count). The number of hydrogen-bond donors (Lipinski definition) is 2. The Kier molecular flexibility index (Phi) is 4.52. The van der Waals surface area contributed by atoms with Crippen molar-refractivity contribution in [1.29, 1.82) is 0 Å². The second kappa shape index (κ2) is 7.23. The van der Waals surface area contributed by atoms with Crippen LogP contribution in [0.25, 0.3) is 26.0 Å². The van der Waals surface area contributed by atoms with Crippen molar-refractivity contribution in [2.75, 3.05) is 31.1 Å². The van der Waals surface area contributed by atoms with Gasteiger partial charge in [0, 0.05) is 53.8 Å². The molecule has 0 spiro atoms. The minimum absolute atomic E-state index is 0.305. The zero-order valence-corrected chi connectivity index (χ0v) is 16.7. The first-order valence-electron chi connectivity index (χ1n) is 9.60. The van der Waals surface area contributed by atoms with Crippen LogP contribution in [0.5, 0.6) is 0 Å². The van der Waals surface area contributed by atoms with E-state index in [0.717, 1.165) is 42.0 Å². The van der Waals surface area contributed by atoms with Crippen molar-refractivity contribution >= 4 is 43.3 Å². The van der Waals surface area contributed by atoms with Crippen molar-refractivity contribution in [1.82, 2.24) is 9.88 Å². The number of halogens is 1. The molecular formula is C22H18FN3O3S. The van der Waals surface area contributed by atoms with Crippen LogP contribution in [0.1, 0.15) is 10.4 Å². The van der Waals surface area contributed by atoms with E-state index in [1.165, 1.54) is 29.7 Å². The van der Waals surface area contributed by atoms with Gasteiger partial charge in [-0.1, -0.05) is 0 Å². The average Bonchev–Trinajstić information content (AvgIpc) is 3.15. The molecule has 2 N–H and O–H groups in total. The Balaban J connectivity index is 1.79. The molecule has 8 heteroatoms. The number of fused-ring (bicyclic) bond motifs is 3. The molecule has 30 heavy (non-hydrogen) atoms. The highest BCUT2D eigenvalue weighted by Gasteiger charge is 2.20. The monoisotopic (exact) mass is 423 g/mol. The van der Waals surface area contributed by atoms with Gasteiger partial charge in [-0.15, -0.1) is 11.3 Å². The van der Waals surface area contributed by atoms with Crippen LogP contribution in [-0.4, -0.2) is 41.8 Å². The fourth-order valence-corrected chi connectivity index (χ4v) is 5.10. The van der Waals surface area contributed by atoms with Gasteiger partial charge in [-0.05, 0) is 42.5 Å². The van der Waals surface area contributed by atoms with E-state index >= 15 is 0 Å². The van der Waals surface area contributed by atoms with Crippen molar-refractivity contribution in [3.05, 3.63) is 70.3 Å². The molecular weight excluding hydrogens is 405 g/mol. The third-order valence-electron chi connectivity index (χ3n) is 5.41. The Morgan fingerprint density at radius 2 is 1.77 bits per heavy atom. The largest absolute Gasteiger partial charge is 0.477 e. The Bertz CT molecular complexity index is 1340. The Morgan fingerprint density at radius 1 is 1.07 bits per heavy atom. The lowest BCUT2D eigenvalue weighted by Gasteiger charge is -2.29. The predicted molar refractivity (Wildman–Crippen MR) is 117 cm³/mol. The predicted octanol–water partition coefficient (Wildman–Crippen LogP) is 3.45. The number of anilines is 1. The fourth-order valence-electron chi connectivity index (χ4n) is 3.92. The molecule has 3 heterocycles. The molecule has 6 nitrogen and oxygen atoms in total. The fraction of sp³-hybridized carbons (Fsp3) is 0.182. The second-order valence-corrected chi connectivity index (χ2v) is 8.27. The molecule has 4 aromatic rings. The number of pyridine rings is 1. The Morgan fingerprint density at radius 3 is 2.47 bits per heavy atom. The van der Waals surface area contributed by atoms with Gasteiger partial charge in [0.25, 0.3) is 0 Å². The first-order chi connectivity index (χ1) is 14.5. The Labute approximate surface area is 174 Å². The number of piperazine rings is 1. The van der Waals surface area contributed by atoms with E-state index in [1.807, 2.05) is 12.1 Å². The van der Waals surface area contributed by atoms with Gasteiger partial charge < -0.3 is 19.9 Å². The summed E-state index contributed by atoms with van der Waals surface area (Å²) in [5.41, 5.74) is 1.51. The number of carboxylic acid groups (broad SMARTS) is 1. The summed E-state index contributed by atoms with van der Waals surface area (Å²) < 4.78 is 16.4. The summed E-state index contributed by atoms with van der Waals surface area (Å²) in [6.07, 6.45) is 1.33. The molecule has 0 aliphatic carbocycles. The first kappa shape index (κ1) is 18.8. The number of thiophene rings is 1. The van der Waals surface area contributed by atoms with Crippen LogP contribution in [0.4, 0.5) is 10.1 Å². The van der Waals surface area contributed by atoms with E-state index in [2.05, 4.69) is 16.3 Å². The molecule has 1 fully saturated rings. The van der Waals surface area contributed by atoms with Gasteiger partial charge in [-0.3, -0.25) is 4.79 Å². The lowest BCUT2D eigenvalue weighted by atomic mass is 10.1. The molecule has 0 unspecified atom stereocenters. The number of carboxylic acids is 1. The zero-order valence-electron chi connectivity index (χ0n) is 15.9. The zero-order chi connectivity index (χ0) is 20.8. The van der Waals surface area contributed by atoms with Gasteiger partial charge >= 0.3 is 5.97 Å². The van der Waals surface area contributed by atoms with Crippen LogP contribution in [0, 0.1) is 5.82 Å². The first-order valence-corrected chi connectivity index (χ1v) is 10.4. The third kappa shape index (κ3) is 3.05. The molecule has 1 aliphatic heterocycles. The number of aromatic nitrogens is 1. The van der Waals surface area contributed by atoms with Gasteiger partial charge in [0.05, 0.1) is 5.52 Å². The molecule has 0 radical (unpaired) electrons. The summed E-state index contributed by atoms with van der Waals surface area (Å²) in [4.78, 5) is 26.9. The summed E-state index contributed by atoms with van der Waals surface area (Å²) in [6, 6.07) is 11.8. The van der Waals surface area contributed by atoms with Crippen LogP contribution in [-0.2, 0) is 0 Å². The van der Waals surface area contributed by atoms with Crippen LogP contribution in [0.15, 0.2) is 53.5 Å². The highest BCUT2D eigenvalue weighted by atomic mass is 32.1. The summed E-state index contributed by atoms with van der Waals surface area (Å²) in [7, 11) is 0. The smallest absolute Gasteiger partial charge is 0.341 e. The van der Waals surface area contributed by atoms with Crippen molar-refractivity contribution in [2.24, 2.45) is 0 Å². The molecule has 2 aromatic carbocycles. The number of rotatable bonds is 3. The topological polar surface area (TPSA) is 74.6 Å². The Hall–Kier alpha value is -3.23. The van der Waals surface area contributed by atoms with Gasteiger partial charge in [-0.25, -0.2) is 9.18 Å². The van der Waals surface area contributed by atoms with Crippen LogP contribution in [0.2, 0.25) is 0 Å². The van der Waals surface area contributed by atoms with Crippen LogP contribution < -0.4 is 15.6 Å². The molecule has 1 saturated heterocycles. The van der Waals surface area contributed by atoms with Crippen molar-refractivity contribution in [2.45, 2.75) is 0 Å². The summed E-state index contributed by atoms with van der Waals surface area (Å²) in [5, 5.41) is 13.7. The minimum Gasteiger partial charge on any atom is -0.477 e. The highest BCUT2D eigenvalue weighted by Crippen LogP contribution is 2.36. The molecule has 2 aromatic heterocycles. The molecule has 1 aliphatic rings. The number of carbonyl (C=O) groups is 1. The molecule has 152 valence electrons. The number of benzene rings is 2. The second-order valence-electron chi connectivity index (χ2n) is 7.22. The number of hydrogen-bond acceptors (Lipinski definition) is 5. The maximum atomic E-state index is 13.4. The highest BCUT2D eigenvalue weighted by molar-refractivity contribution is 7.25. The average molecular weight is 423 g/mol. The lowest BCUT2D eigenvalue weighted by molar-refractivity contribution is 0.0695. The standard InChI is InChI=1S/C22H18FN3O3S/c23-13-1-3-14(4-2-13)26-12-17(22(28)29)20(27)21-19(26)16-6-5-15(11-18(16)30-21)25-9-7-24-8-10-25/h1-6,11-12,24H,7-10H2,(H,28,29). The minimum atomic E-state index is -1.28. The van der Waals surface area contributed by atoms with Gasteiger partial charge in [-0.2, -0.15) is 0 Å². The normalized spacial score (nSPS) is 14.5. The molecule has 0 saturated carbocycles. The maximum Gasteiger partial charge on any atom is 0.341 e. The summed E-state index contributed by atoms with van der Waals surface area (Å²) in [5.74, 6) is -1.66. The molecule has 0 atom stereocenters. The van der Waals surface area contributed by atoms with Crippen molar-refractivity contribution in [3.8, 4) is 5.69 Å². The van der Waals surface area contributed by atoms with E-state index in [-0.39, 0.29) is 11.4 Å². The quantitative estimate of drug-likeness (QED) is 0.528. The number of aromatic carboxylic acids is 1. The summed E-state index contributed by atoms with van der Waals surface area (Å²) in [6.45, 7) is 3.65. The van der Waals surface area contributed by atoms with E-state index in [0.29, 0.717) is 15.9 Å². The van der Waals surface area contributed by atoms with Gasteiger partial charge in [0.2, 0.25) is 5.43 Å². The summed E-state index contributed by atoms with van der Waals surface area (Å²) >= 11 is 1.30. The van der Waals surface area contributed by atoms with E-state index < -0.39 is 11.4 Å².